The van der Waals surface area contributed by atoms with Crippen LogP contribution in [0.5, 0.6) is 11.6 Å². The maximum atomic E-state index is 12.3. The van der Waals surface area contributed by atoms with Gasteiger partial charge in [0, 0.05) is 44.9 Å². The second kappa shape index (κ2) is 11.4. The van der Waals surface area contributed by atoms with Crippen molar-refractivity contribution in [3.63, 3.8) is 0 Å². The normalized spacial score (nSPS) is 15.5. The van der Waals surface area contributed by atoms with Crippen LogP contribution in [0.4, 0.5) is 13.2 Å². The van der Waals surface area contributed by atoms with Crippen molar-refractivity contribution in [3.05, 3.63) is 53.7 Å². The molecule has 1 saturated heterocycles. The third-order valence-corrected chi connectivity index (χ3v) is 5.27. The van der Waals surface area contributed by atoms with Gasteiger partial charge in [0.25, 0.3) is 0 Å². The van der Waals surface area contributed by atoms with Gasteiger partial charge in [-0.05, 0) is 42.0 Å². The van der Waals surface area contributed by atoms with E-state index in [4.69, 9.17) is 4.74 Å². The number of carbonyl (C=O) groups is 1. The standard InChI is InChI=1S/C24H30F3N3O3/c1-17(2)13-22(31)28-14-19-5-8-23(29-15-19)32-20-9-11-30(12-10-20)16-18-3-6-21(7-4-18)33-24(25,26)27/h3-8,15,17,20H,9-14,16H2,1-2H3,(H,28,31). The summed E-state index contributed by atoms with van der Waals surface area (Å²) in [5.41, 5.74) is 1.85. The Labute approximate surface area is 192 Å². The highest BCUT2D eigenvalue weighted by molar-refractivity contribution is 5.76. The monoisotopic (exact) mass is 465 g/mol. The number of hydrogen-bond acceptors (Lipinski definition) is 5. The van der Waals surface area contributed by atoms with E-state index in [2.05, 4.69) is 19.9 Å². The number of piperidine rings is 1. The topological polar surface area (TPSA) is 63.7 Å². The van der Waals surface area contributed by atoms with Crippen LogP contribution >= 0.6 is 0 Å². The van der Waals surface area contributed by atoms with Crippen molar-refractivity contribution in [2.75, 3.05) is 13.1 Å². The minimum absolute atomic E-state index is 0.0303. The molecule has 180 valence electrons. The van der Waals surface area contributed by atoms with E-state index in [0.29, 0.717) is 31.3 Å². The first kappa shape index (κ1) is 24.8. The Kier molecular flexibility index (Phi) is 8.55. The molecule has 33 heavy (non-hydrogen) atoms. The molecule has 1 aliphatic heterocycles. The number of nitrogens with zero attached hydrogens (tertiary/aromatic N) is 2. The maximum Gasteiger partial charge on any atom is 0.573 e. The highest BCUT2D eigenvalue weighted by Crippen LogP contribution is 2.24. The minimum Gasteiger partial charge on any atom is -0.474 e. The highest BCUT2D eigenvalue weighted by Gasteiger charge is 2.31. The molecule has 0 spiro atoms. The van der Waals surface area contributed by atoms with E-state index in [1.807, 2.05) is 26.0 Å². The van der Waals surface area contributed by atoms with Crippen molar-refractivity contribution in [1.82, 2.24) is 15.2 Å². The van der Waals surface area contributed by atoms with Gasteiger partial charge >= 0.3 is 6.36 Å². The maximum absolute atomic E-state index is 12.3. The zero-order valence-corrected chi connectivity index (χ0v) is 18.9. The molecule has 0 atom stereocenters. The Balaban J connectivity index is 1.39. The summed E-state index contributed by atoms with van der Waals surface area (Å²) in [6, 6.07) is 9.70. The summed E-state index contributed by atoms with van der Waals surface area (Å²) in [6.07, 6.45) is -0.722. The lowest BCUT2D eigenvalue weighted by molar-refractivity contribution is -0.274. The van der Waals surface area contributed by atoms with Gasteiger partial charge in [-0.15, -0.1) is 13.2 Å². The lowest BCUT2D eigenvalue weighted by Crippen LogP contribution is -2.37. The number of nitrogens with one attached hydrogen (secondary N) is 1. The average molecular weight is 466 g/mol. The predicted octanol–water partition coefficient (Wildman–Crippen LogP) is 4.69. The van der Waals surface area contributed by atoms with Crippen LogP contribution in [-0.4, -0.2) is 41.3 Å². The van der Waals surface area contributed by atoms with Crippen molar-refractivity contribution in [2.24, 2.45) is 5.92 Å². The molecule has 0 radical (unpaired) electrons. The Morgan fingerprint density at radius 3 is 2.36 bits per heavy atom. The highest BCUT2D eigenvalue weighted by atomic mass is 19.4. The fraction of sp³-hybridized carbons (Fsp3) is 0.500. The Morgan fingerprint density at radius 1 is 1.12 bits per heavy atom. The summed E-state index contributed by atoms with van der Waals surface area (Å²) in [5.74, 6) is 0.701. The van der Waals surface area contributed by atoms with Gasteiger partial charge < -0.3 is 14.8 Å². The SMILES string of the molecule is CC(C)CC(=O)NCc1ccc(OC2CCN(Cc3ccc(OC(F)(F)F)cc3)CC2)nc1. The average Bonchev–Trinajstić information content (AvgIpc) is 2.74. The van der Waals surface area contributed by atoms with Gasteiger partial charge in [-0.2, -0.15) is 0 Å². The van der Waals surface area contributed by atoms with Crippen LogP contribution in [0.15, 0.2) is 42.6 Å². The number of hydrogen-bond donors (Lipinski definition) is 1. The molecule has 0 bridgehead atoms. The van der Waals surface area contributed by atoms with Gasteiger partial charge in [0.05, 0.1) is 0 Å². The number of likely N-dealkylation sites (tertiary alicyclic amines) is 1. The molecular formula is C24H30F3N3O3. The van der Waals surface area contributed by atoms with E-state index in [0.717, 1.165) is 37.1 Å². The van der Waals surface area contributed by atoms with Gasteiger partial charge in [-0.25, -0.2) is 4.98 Å². The molecule has 0 aliphatic carbocycles. The fourth-order valence-electron chi connectivity index (χ4n) is 3.64. The Morgan fingerprint density at radius 2 is 1.79 bits per heavy atom. The van der Waals surface area contributed by atoms with Crippen LogP contribution in [0.25, 0.3) is 0 Å². The summed E-state index contributed by atoms with van der Waals surface area (Å²) in [7, 11) is 0. The van der Waals surface area contributed by atoms with Crippen molar-refractivity contribution in [1.29, 1.82) is 0 Å². The lowest BCUT2D eigenvalue weighted by atomic mass is 10.1. The van der Waals surface area contributed by atoms with Gasteiger partial charge in [0.2, 0.25) is 11.8 Å². The van der Waals surface area contributed by atoms with Gasteiger partial charge in [-0.1, -0.05) is 32.0 Å². The molecule has 2 heterocycles. The van der Waals surface area contributed by atoms with Crippen molar-refractivity contribution in [2.45, 2.75) is 58.7 Å². The number of benzene rings is 1. The smallest absolute Gasteiger partial charge is 0.474 e. The van der Waals surface area contributed by atoms with Crippen LogP contribution in [0.2, 0.25) is 0 Å². The first-order valence-corrected chi connectivity index (χ1v) is 11.1. The third-order valence-electron chi connectivity index (χ3n) is 5.27. The van der Waals surface area contributed by atoms with Crippen LogP contribution in [0.1, 0.15) is 44.2 Å². The first-order valence-electron chi connectivity index (χ1n) is 11.1. The molecule has 6 nitrogen and oxygen atoms in total. The molecule has 3 rings (SSSR count). The summed E-state index contributed by atoms with van der Waals surface area (Å²) in [5, 5.41) is 2.89. The lowest BCUT2D eigenvalue weighted by Gasteiger charge is -2.31. The van der Waals surface area contributed by atoms with E-state index >= 15 is 0 Å². The van der Waals surface area contributed by atoms with Crippen LogP contribution in [-0.2, 0) is 17.9 Å². The molecule has 1 aromatic heterocycles. The van der Waals surface area contributed by atoms with E-state index in [-0.39, 0.29) is 17.8 Å². The van der Waals surface area contributed by atoms with Gasteiger partial charge in [-0.3, -0.25) is 9.69 Å². The summed E-state index contributed by atoms with van der Waals surface area (Å²) in [6.45, 7) is 6.77. The van der Waals surface area contributed by atoms with E-state index in [9.17, 15) is 18.0 Å². The van der Waals surface area contributed by atoms with Crippen LogP contribution in [0, 0.1) is 5.92 Å². The third kappa shape index (κ3) is 8.92. The molecule has 9 heteroatoms. The first-order chi connectivity index (χ1) is 15.7. The molecule has 1 aliphatic rings. The summed E-state index contributed by atoms with van der Waals surface area (Å²) < 4.78 is 46.7. The van der Waals surface area contributed by atoms with Crippen molar-refractivity contribution < 1.29 is 27.4 Å². The Hall–Kier alpha value is -2.81. The largest absolute Gasteiger partial charge is 0.573 e. The quantitative estimate of drug-likeness (QED) is 0.582. The summed E-state index contributed by atoms with van der Waals surface area (Å²) >= 11 is 0. The fourth-order valence-corrected chi connectivity index (χ4v) is 3.64. The Bertz CT molecular complexity index is 879. The van der Waals surface area contributed by atoms with Crippen molar-refractivity contribution in [3.8, 4) is 11.6 Å². The molecule has 2 aromatic rings. The number of amides is 1. The zero-order chi connectivity index (χ0) is 23.8. The van der Waals surface area contributed by atoms with Gasteiger partial charge in [0.1, 0.15) is 11.9 Å². The molecular weight excluding hydrogens is 435 g/mol. The van der Waals surface area contributed by atoms with E-state index in [1.54, 1.807) is 18.3 Å². The van der Waals surface area contributed by atoms with Gasteiger partial charge in [0.15, 0.2) is 0 Å². The summed E-state index contributed by atoms with van der Waals surface area (Å²) in [4.78, 5) is 18.4. The van der Waals surface area contributed by atoms with E-state index in [1.165, 1.54) is 12.1 Å². The van der Waals surface area contributed by atoms with Crippen LogP contribution < -0.4 is 14.8 Å². The molecule has 0 unspecified atom stereocenters. The van der Waals surface area contributed by atoms with Crippen molar-refractivity contribution >= 4 is 5.91 Å². The number of halogens is 3. The molecule has 1 aromatic carbocycles. The number of rotatable bonds is 9. The predicted molar refractivity (Wildman–Crippen MR) is 118 cm³/mol. The molecule has 1 N–H and O–H groups in total. The van der Waals surface area contributed by atoms with Crippen LogP contribution in [0.3, 0.4) is 0 Å². The molecule has 1 fully saturated rings. The second-order valence-electron chi connectivity index (χ2n) is 8.66. The number of carbonyl (C=O) groups excluding carboxylic acids is 1. The van der Waals surface area contributed by atoms with E-state index < -0.39 is 6.36 Å². The molecule has 1 amide bonds. The number of alkyl halides is 3. The molecule has 0 saturated carbocycles. The minimum atomic E-state index is -4.68. The number of aromatic nitrogens is 1. The number of pyridine rings is 1. The second-order valence-corrected chi connectivity index (χ2v) is 8.66. The number of ether oxygens (including phenoxy) is 2. The zero-order valence-electron chi connectivity index (χ0n) is 18.9.